The van der Waals surface area contributed by atoms with Crippen LogP contribution in [0.1, 0.15) is 25.4 Å². The summed E-state index contributed by atoms with van der Waals surface area (Å²) >= 11 is 0. The maximum atomic E-state index is 4.35. The highest BCUT2D eigenvalue weighted by atomic mass is 15.6. The molecule has 0 unspecified atom stereocenters. The Balaban J connectivity index is 2.24. The largest absolute Gasteiger partial charge is 0.308 e. The maximum absolute atomic E-state index is 4.35. The molecule has 2 aromatic rings. The molecule has 17 heavy (non-hydrogen) atoms. The summed E-state index contributed by atoms with van der Waals surface area (Å²) < 4.78 is 3.46. The molecule has 7 nitrogen and oxygen atoms in total. The molecule has 0 bridgehead atoms. The molecule has 2 aromatic heterocycles. The van der Waals surface area contributed by atoms with E-state index in [2.05, 4.69) is 39.8 Å². The van der Waals surface area contributed by atoms with Gasteiger partial charge in [0.15, 0.2) is 11.6 Å². The highest BCUT2D eigenvalue weighted by molar-refractivity contribution is 5.23. The van der Waals surface area contributed by atoms with Crippen LogP contribution < -0.4 is 5.32 Å². The van der Waals surface area contributed by atoms with Gasteiger partial charge in [-0.3, -0.25) is 4.68 Å². The van der Waals surface area contributed by atoms with E-state index in [9.17, 15) is 0 Å². The van der Waals surface area contributed by atoms with Crippen LogP contribution in [0.25, 0.3) is 5.82 Å². The minimum atomic E-state index is 0.394. The van der Waals surface area contributed by atoms with Crippen LogP contribution in [0.15, 0.2) is 6.07 Å². The van der Waals surface area contributed by atoms with Crippen molar-refractivity contribution in [1.82, 2.24) is 35.3 Å². The molecular weight excluding hydrogens is 218 g/mol. The average Bonchev–Trinajstić information content (AvgIpc) is 2.83. The van der Waals surface area contributed by atoms with E-state index < -0.39 is 0 Å². The first-order chi connectivity index (χ1) is 8.08. The summed E-state index contributed by atoms with van der Waals surface area (Å²) in [5.74, 6) is 1.51. The predicted octanol–water partition coefficient (Wildman–Crippen LogP) is 0.202. The molecule has 7 heteroatoms. The van der Waals surface area contributed by atoms with Crippen molar-refractivity contribution in [3.63, 3.8) is 0 Å². The van der Waals surface area contributed by atoms with E-state index in [1.165, 1.54) is 0 Å². The van der Waals surface area contributed by atoms with E-state index in [4.69, 9.17) is 0 Å². The molecule has 0 aliphatic heterocycles. The molecular formula is C10H17N7. The van der Waals surface area contributed by atoms with Gasteiger partial charge in [-0.15, -0.1) is 5.10 Å². The van der Waals surface area contributed by atoms with Crippen molar-refractivity contribution in [2.45, 2.75) is 33.4 Å². The van der Waals surface area contributed by atoms with Crippen LogP contribution in [0.3, 0.4) is 0 Å². The summed E-state index contributed by atoms with van der Waals surface area (Å²) in [4.78, 5) is 0. The van der Waals surface area contributed by atoms with Crippen LogP contribution >= 0.6 is 0 Å². The Morgan fingerprint density at radius 3 is 2.76 bits per heavy atom. The SMILES string of the molecule is Cc1cc(-n2nnnc2CNC(C)C)nn1C. The quantitative estimate of drug-likeness (QED) is 0.819. The second-order valence-corrected chi connectivity index (χ2v) is 4.31. The van der Waals surface area contributed by atoms with Crippen molar-refractivity contribution in [3.8, 4) is 5.82 Å². The van der Waals surface area contributed by atoms with Crippen molar-refractivity contribution < 1.29 is 0 Å². The lowest BCUT2D eigenvalue weighted by molar-refractivity contribution is 0.560. The van der Waals surface area contributed by atoms with Gasteiger partial charge in [0, 0.05) is 24.8 Å². The second-order valence-electron chi connectivity index (χ2n) is 4.31. The molecule has 0 radical (unpaired) electrons. The van der Waals surface area contributed by atoms with Crippen LogP contribution in [0.4, 0.5) is 0 Å². The predicted molar refractivity (Wildman–Crippen MR) is 62.6 cm³/mol. The number of nitrogens with zero attached hydrogens (tertiary/aromatic N) is 6. The minimum Gasteiger partial charge on any atom is -0.308 e. The third-order valence-corrected chi connectivity index (χ3v) is 2.52. The van der Waals surface area contributed by atoms with E-state index in [1.807, 2.05) is 20.0 Å². The molecule has 0 amide bonds. The molecule has 0 aromatic carbocycles. The number of hydrogen-bond donors (Lipinski definition) is 1. The number of rotatable bonds is 4. The Bertz CT molecular complexity index is 477. The Hall–Kier alpha value is -1.76. The monoisotopic (exact) mass is 235 g/mol. The zero-order valence-electron chi connectivity index (χ0n) is 10.5. The molecule has 0 saturated carbocycles. The normalized spacial score (nSPS) is 11.4. The molecule has 0 aliphatic rings. The van der Waals surface area contributed by atoms with E-state index in [1.54, 1.807) is 9.36 Å². The maximum Gasteiger partial charge on any atom is 0.179 e. The fourth-order valence-electron chi connectivity index (χ4n) is 1.43. The lowest BCUT2D eigenvalue weighted by atomic mass is 10.4. The zero-order valence-corrected chi connectivity index (χ0v) is 10.5. The molecule has 0 atom stereocenters. The van der Waals surface area contributed by atoms with Gasteiger partial charge in [-0.2, -0.15) is 9.78 Å². The fraction of sp³-hybridized carbons (Fsp3) is 0.600. The average molecular weight is 235 g/mol. The van der Waals surface area contributed by atoms with E-state index in [-0.39, 0.29) is 0 Å². The first-order valence-corrected chi connectivity index (χ1v) is 5.59. The van der Waals surface area contributed by atoms with Crippen LogP contribution in [-0.2, 0) is 13.6 Å². The van der Waals surface area contributed by atoms with Crippen LogP contribution in [0.5, 0.6) is 0 Å². The summed E-state index contributed by atoms with van der Waals surface area (Å²) in [7, 11) is 1.90. The molecule has 0 fully saturated rings. The summed E-state index contributed by atoms with van der Waals surface area (Å²) in [6.45, 7) is 6.78. The van der Waals surface area contributed by atoms with Gasteiger partial charge in [0.25, 0.3) is 0 Å². The Labute approximate surface area is 99.8 Å². The highest BCUT2D eigenvalue weighted by Crippen LogP contribution is 2.07. The first kappa shape index (κ1) is 11.7. The Kier molecular flexibility index (Phi) is 3.19. The molecule has 92 valence electrons. The Morgan fingerprint density at radius 2 is 2.18 bits per heavy atom. The summed E-state index contributed by atoms with van der Waals surface area (Å²) in [6, 6.07) is 2.35. The van der Waals surface area contributed by atoms with Crippen LogP contribution in [-0.4, -0.2) is 36.0 Å². The number of aromatic nitrogens is 6. The Morgan fingerprint density at radius 1 is 1.41 bits per heavy atom. The fourth-order valence-corrected chi connectivity index (χ4v) is 1.43. The van der Waals surface area contributed by atoms with Crippen molar-refractivity contribution in [2.24, 2.45) is 7.05 Å². The third-order valence-electron chi connectivity index (χ3n) is 2.52. The second kappa shape index (κ2) is 4.62. The molecule has 0 saturated heterocycles. The number of aryl methyl sites for hydroxylation is 2. The van der Waals surface area contributed by atoms with Gasteiger partial charge >= 0.3 is 0 Å². The van der Waals surface area contributed by atoms with Gasteiger partial charge in [0.2, 0.25) is 0 Å². The van der Waals surface area contributed by atoms with Crippen LogP contribution in [0.2, 0.25) is 0 Å². The van der Waals surface area contributed by atoms with Crippen molar-refractivity contribution >= 4 is 0 Å². The standard InChI is InChI=1S/C10H17N7/c1-7(2)11-6-10-12-14-15-17(10)9-5-8(3)16(4)13-9/h5,7,11H,6H2,1-4H3. The summed E-state index contributed by atoms with van der Waals surface area (Å²) in [6.07, 6.45) is 0. The van der Waals surface area contributed by atoms with Gasteiger partial charge in [-0.05, 0) is 17.4 Å². The number of hydrogen-bond acceptors (Lipinski definition) is 5. The van der Waals surface area contributed by atoms with Gasteiger partial charge in [-0.1, -0.05) is 13.8 Å². The zero-order chi connectivity index (χ0) is 12.4. The van der Waals surface area contributed by atoms with Gasteiger partial charge in [-0.25, -0.2) is 0 Å². The first-order valence-electron chi connectivity index (χ1n) is 5.59. The van der Waals surface area contributed by atoms with Gasteiger partial charge in [0.05, 0.1) is 6.54 Å². The lowest BCUT2D eigenvalue weighted by Crippen LogP contribution is -2.24. The van der Waals surface area contributed by atoms with Gasteiger partial charge in [0.1, 0.15) is 0 Å². The molecule has 1 N–H and O–H groups in total. The molecule has 0 aliphatic carbocycles. The third kappa shape index (κ3) is 2.50. The molecule has 2 heterocycles. The van der Waals surface area contributed by atoms with E-state index >= 15 is 0 Å². The topological polar surface area (TPSA) is 73.5 Å². The van der Waals surface area contributed by atoms with Gasteiger partial charge < -0.3 is 5.32 Å². The smallest absolute Gasteiger partial charge is 0.179 e. The lowest BCUT2D eigenvalue weighted by Gasteiger charge is -2.06. The minimum absolute atomic E-state index is 0.394. The van der Waals surface area contributed by atoms with E-state index in [0.29, 0.717) is 12.6 Å². The highest BCUT2D eigenvalue weighted by Gasteiger charge is 2.11. The van der Waals surface area contributed by atoms with Crippen LogP contribution in [0, 0.1) is 6.92 Å². The molecule has 2 rings (SSSR count). The van der Waals surface area contributed by atoms with Crippen molar-refractivity contribution in [3.05, 3.63) is 17.6 Å². The van der Waals surface area contributed by atoms with Crippen molar-refractivity contribution in [2.75, 3.05) is 0 Å². The molecule has 0 spiro atoms. The summed E-state index contributed by atoms with van der Waals surface area (Å²) in [5.41, 5.74) is 1.07. The number of nitrogens with one attached hydrogen (secondary N) is 1. The van der Waals surface area contributed by atoms with E-state index in [0.717, 1.165) is 17.3 Å². The summed E-state index contributed by atoms with van der Waals surface area (Å²) in [5, 5.41) is 19.3. The van der Waals surface area contributed by atoms with Crippen molar-refractivity contribution in [1.29, 1.82) is 0 Å². The number of tetrazole rings is 1.